The Morgan fingerprint density at radius 2 is 1.77 bits per heavy atom. The molecule has 1 heterocycles. The molecule has 2 unspecified atom stereocenters. The number of carbonyl (C=O) groups is 2. The summed E-state index contributed by atoms with van der Waals surface area (Å²) in [4.78, 5) is 26.3. The van der Waals surface area contributed by atoms with Gasteiger partial charge in [-0.25, -0.2) is 0 Å². The summed E-state index contributed by atoms with van der Waals surface area (Å²) in [6, 6.07) is 7.59. The van der Waals surface area contributed by atoms with Crippen molar-refractivity contribution >= 4 is 29.3 Å². The third-order valence-electron chi connectivity index (χ3n) is 3.76. The van der Waals surface area contributed by atoms with Gasteiger partial charge in [0.05, 0.1) is 5.75 Å². The number of thioether (sulfide) groups is 1. The van der Waals surface area contributed by atoms with Crippen molar-refractivity contribution in [3.8, 4) is 0 Å². The van der Waals surface area contributed by atoms with Crippen LogP contribution in [-0.2, 0) is 9.59 Å². The maximum atomic E-state index is 12.3. The van der Waals surface area contributed by atoms with Crippen molar-refractivity contribution < 1.29 is 9.59 Å². The zero-order valence-electron chi connectivity index (χ0n) is 13.5. The van der Waals surface area contributed by atoms with Gasteiger partial charge in [-0.3, -0.25) is 9.59 Å². The normalized spacial score (nSPS) is 21.5. The summed E-state index contributed by atoms with van der Waals surface area (Å²) in [6.45, 7) is 7.67. The Bertz CT molecular complexity index is 520. The van der Waals surface area contributed by atoms with Gasteiger partial charge in [-0.2, -0.15) is 0 Å². The van der Waals surface area contributed by atoms with Crippen LogP contribution in [0.2, 0.25) is 0 Å². The van der Waals surface area contributed by atoms with Gasteiger partial charge < -0.3 is 10.2 Å². The summed E-state index contributed by atoms with van der Waals surface area (Å²) in [7, 11) is 0. The molecule has 1 fully saturated rings. The van der Waals surface area contributed by atoms with Crippen LogP contribution in [0.5, 0.6) is 0 Å². The monoisotopic (exact) mass is 320 g/mol. The summed E-state index contributed by atoms with van der Waals surface area (Å²) < 4.78 is 0. The van der Waals surface area contributed by atoms with E-state index in [0.717, 1.165) is 23.7 Å². The predicted octanol–water partition coefficient (Wildman–Crippen LogP) is 3.24. The second-order valence-corrected chi connectivity index (χ2v) is 7.29. The van der Waals surface area contributed by atoms with Crippen LogP contribution in [0.4, 0.5) is 5.69 Å². The summed E-state index contributed by atoms with van der Waals surface area (Å²) >= 11 is 1.55. The highest BCUT2D eigenvalue weighted by atomic mass is 32.2. The molecule has 0 aromatic heterocycles. The SMILES string of the molecule is CC(=O)Nc1ccc(SCC(=O)N2CC(C)CC(C)C2)cc1. The van der Waals surface area contributed by atoms with Crippen molar-refractivity contribution in [2.24, 2.45) is 11.8 Å². The number of anilines is 1. The number of likely N-dealkylation sites (tertiary alicyclic amines) is 1. The summed E-state index contributed by atoms with van der Waals surface area (Å²) in [6.07, 6.45) is 1.21. The molecule has 1 aliphatic heterocycles. The molecule has 1 aromatic rings. The molecule has 2 rings (SSSR count). The van der Waals surface area contributed by atoms with E-state index in [0.29, 0.717) is 17.6 Å². The van der Waals surface area contributed by atoms with E-state index in [1.807, 2.05) is 29.2 Å². The maximum absolute atomic E-state index is 12.3. The molecule has 4 nitrogen and oxygen atoms in total. The van der Waals surface area contributed by atoms with Gasteiger partial charge in [-0.15, -0.1) is 11.8 Å². The Balaban J connectivity index is 1.84. The number of carbonyl (C=O) groups excluding carboxylic acids is 2. The zero-order chi connectivity index (χ0) is 16.1. The zero-order valence-corrected chi connectivity index (χ0v) is 14.3. The van der Waals surface area contributed by atoms with E-state index in [1.165, 1.54) is 13.3 Å². The van der Waals surface area contributed by atoms with Crippen molar-refractivity contribution in [3.05, 3.63) is 24.3 Å². The van der Waals surface area contributed by atoms with Gasteiger partial charge in [0.1, 0.15) is 0 Å². The number of nitrogens with zero attached hydrogens (tertiary/aromatic N) is 1. The molecule has 120 valence electrons. The smallest absolute Gasteiger partial charge is 0.232 e. The molecule has 1 saturated heterocycles. The lowest BCUT2D eigenvalue weighted by Crippen LogP contribution is -2.43. The van der Waals surface area contributed by atoms with E-state index < -0.39 is 0 Å². The van der Waals surface area contributed by atoms with Gasteiger partial charge in [0.15, 0.2) is 0 Å². The molecule has 1 aliphatic rings. The van der Waals surface area contributed by atoms with Gasteiger partial charge >= 0.3 is 0 Å². The first kappa shape index (κ1) is 16.9. The molecule has 1 aromatic carbocycles. The number of benzene rings is 1. The third-order valence-corrected chi connectivity index (χ3v) is 4.76. The number of piperidine rings is 1. The minimum absolute atomic E-state index is 0.0797. The van der Waals surface area contributed by atoms with E-state index in [9.17, 15) is 9.59 Å². The van der Waals surface area contributed by atoms with Crippen molar-refractivity contribution in [2.75, 3.05) is 24.2 Å². The van der Waals surface area contributed by atoms with Crippen LogP contribution in [0, 0.1) is 11.8 Å². The Morgan fingerprint density at radius 1 is 1.18 bits per heavy atom. The second kappa shape index (κ2) is 7.68. The van der Waals surface area contributed by atoms with Crippen molar-refractivity contribution in [2.45, 2.75) is 32.1 Å². The molecule has 22 heavy (non-hydrogen) atoms. The molecule has 0 aliphatic carbocycles. The highest BCUT2D eigenvalue weighted by Gasteiger charge is 2.25. The van der Waals surface area contributed by atoms with E-state index in [4.69, 9.17) is 0 Å². The molecule has 0 bridgehead atoms. The molecular formula is C17H24N2O2S. The van der Waals surface area contributed by atoms with Gasteiger partial charge in [0, 0.05) is 30.6 Å². The van der Waals surface area contributed by atoms with E-state index in [1.54, 1.807) is 11.8 Å². The minimum atomic E-state index is -0.0797. The quantitative estimate of drug-likeness (QED) is 0.867. The fourth-order valence-corrected chi connectivity index (χ4v) is 3.74. The largest absolute Gasteiger partial charge is 0.341 e. The first-order valence-corrected chi connectivity index (χ1v) is 8.71. The van der Waals surface area contributed by atoms with Crippen LogP contribution in [0.15, 0.2) is 29.2 Å². The molecule has 0 saturated carbocycles. The van der Waals surface area contributed by atoms with Crippen LogP contribution < -0.4 is 5.32 Å². The number of nitrogens with one attached hydrogen (secondary N) is 1. The van der Waals surface area contributed by atoms with Crippen molar-refractivity contribution in [1.29, 1.82) is 0 Å². The van der Waals surface area contributed by atoms with E-state index >= 15 is 0 Å². The maximum Gasteiger partial charge on any atom is 0.232 e. The highest BCUT2D eigenvalue weighted by Crippen LogP contribution is 2.24. The molecular weight excluding hydrogens is 296 g/mol. The Labute approximate surface area is 136 Å². The van der Waals surface area contributed by atoms with Crippen LogP contribution in [-0.4, -0.2) is 35.6 Å². The molecule has 0 spiro atoms. The fraction of sp³-hybridized carbons (Fsp3) is 0.529. The average Bonchev–Trinajstić information content (AvgIpc) is 2.44. The third kappa shape index (κ3) is 5.05. The van der Waals surface area contributed by atoms with Crippen LogP contribution in [0.1, 0.15) is 27.2 Å². The number of hydrogen-bond donors (Lipinski definition) is 1. The minimum Gasteiger partial charge on any atom is -0.341 e. The molecule has 0 radical (unpaired) electrons. The number of rotatable bonds is 4. The Kier molecular flexibility index (Phi) is 5.89. The van der Waals surface area contributed by atoms with Crippen molar-refractivity contribution in [1.82, 2.24) is 4.90 Å². The molecule has 2 amide bonds. The highest BCUT2D eigenvalue weighted by molar-refractivity contribution is 8.00. The predicted molar refractivity (Wildman–Crippen MR) is 91.0 cm³/mol. The summed E-state index contributed by atoms with van der Waals surface area (Å²) in [5, 5.41) is 2.73. The lowest BCUT2D eigenvalue weighted by atomic mass is 9.92. The first-order valence-electron chi connectivity index (χ1n) is 7.72. The van der Waals surface area contributed by atoms with Crippen LogP contribution in [0.25, 0.3) is 0 Å². The van der Waals surface area contributed by atoms with Gasteiger partial charge in [-0.05, 0) is 42.5 Å². The van der Waals surface area contributed by atoms with Gasteiger partial charge in [0.2, 0.25) is 11.8 Å². The molecule has 2 atom stereocenters. The molecule has 1 N–H and O–H groups in total. The summed E-state index contributed by atoms with van der Waals surface area (Å²) in [5.74, 6) is 1.79. The second-order valence-electron chi connectivity index (χ2n) is 6.24. The van der Waals surface area contributed by atoms with Gasteiger partial charge in [-0.1, -0.05) is 13.8 Å². The Morgan fingerprint density at radius 3 is 2.32 bits per heavy atom. The number of hydrogen-bond acceptors (Lipinski definition) is 3. The average molecular weight is 320 g/mol. The van der Waals surface area contributed by atoms with Gasteiger partial charge in [0.25, 0.3) is 0 Å². The fourth-order valence-electron chi connectivity index (χ4n) is 2.94. The van der Waals surface area contributed by atoms with E-state index in [2.05, 4.69) is 19.2 Å². The number of amides is 2. The van der Waals surface area contributed by atoms with Crippen LogP contribution >= 0.6 is 11.8 Å². The lowest BCUT2D eigenvalue weighted by molar-refractivity contribution is -0.131. The summed E-state index contributed by atoms with van der Waals surface area (Å²) in [5.41, 5.74) is 0.779. The Hall–Kier alpha value is -1.49. The van der Waals surface area contributed by atoms with E-state index in [-0.39, 0.29) is 11.8 Å². The van der Waals surface area contributed by atoms with Crippen molar-refractivity contribution in [3.63, 3.8) is 0 Å². The standard InChI is InChI=1S/C17H24N2O2S/c1-12-8-13(2)10-19(9-12)17(21)11-22-16-6-4-15(5-7-16)18-14(3)20/h4-7,12-13H,8-11H2,1-3H3,(H,18,20). The van der Waals surface area contributed by atoms with Crippen LogP contribution in [0.3, 0.4) is 0 Å². The molecule has 5 heteroatoms. The topological polar surface area (TPSA) is 49.4 Å². The lowest BCUT2D eigenvalue weighted by Gasteiger charge is -2.35. The first-order chi connectivity index (χ1) is 10.4.